The Morgan fingerprint density at radius 1 is 1.53 bits per heavy atom. The second-order valence-electron chi connectivity index (χ2n) is 4.10. The van der Waals surface area contributed by atoms with Crippen molar-refractivity contribution in [2.24, 2.45) is 0 Å². The van der Waals surface area contributed by atoms with Crippen LogP contribution in [0.5, 0.6) is 0 Å². The molecule has 17 heavy (non-hydrogen) atoms. The third-order valence-corrected chi connectivity index (χ3v) is 3.62. The Morgan fingerprint density at radius 3 is 2.71 bits per heavy atom. The molecule has 1 aliphatic rings. The summed E-state index contributed by atoms with van der Waals surface area (Å²) in [6.45, 7) is 0. The van der Waals surface area contributed by atoms with Crippen molar-refractivity contribution >= 4 is 21.8 Å². The lowest BCUT2D eigenvalue weighted by molar-refractivity contribution is 0.0876. The Kier molecular flexibility index (Phi) is 3.16. The van der Waals surface area contributed by atoms with E-state index >= 15 is 0 Å². The van der Waals surface area contributed by atoms with Gasteiger partial charge in [-0.1, -0.05) is 6.07 Å². The molecule has 0 aliphatic heterocycles. The van der Waals surface area contributed by atoms with Crippen LogP contribution in [0, 0.1) is 17.1 Å². The van der Waals surface area contributed by atoms with Gasteiger partial charge in [0.1, 0.15) is 11.4 Å². The maximum absolute atomic E-state index is 13.5. The number of carbonyl (C=O) groups excluding carboxylic acids is 1. The van der Waals surface area contributed by atoms with Gasteiger partial charge < -0.3 is 5.32 Å². The fraction of sp³-hybridized carbons (Fsp3) is 0.333. The summed E-state index contributed by atoms with van der Waals surface area (Å²) >= 11 is 3.13. The van der Waals surface area contributed by atoms with Crippen LogP contribution in [0.4, 0.5) is 4.39 Å². The van der Waals surface area contributed by atoms with Gasteiger partial charge in [0.25, 0.3) is 5.91 Å². The summed E-state index contributed by atoms with van der Waals surface area (Å²) in [6.07, 6.45) is 2.16. The number of halogens is 2. The molecule has 1 aromatic carbocycles. The van der Waals surface area contributed by atoms with Crippen molar-refractivity contribution < 1.29 is 9.18 Å². The number of amides is 1. The number of hydrogen-bond donors (Lipinski definition) is 1. The fourth-order valence-corrected chi connectivity index (χ4v) is 2.31. The smallest absolute Gasteiger partial charge is 0.256 e. The topological polar surface area (TPSA) is 52.9 Å². The zero-order valence-corrected chi connectivity index (χ0v) is 10.6. The lowest BCUT2D eigenvalue weighted by Crippen LogP contribution is -2.52. The molecule has 5 heteroatoms. The molecule has 1 N–H and O–H groups in total. The molecular formula is C12H10BrFN2O. The van der Waals surface area contributed by atoms with Gasteiger partial charge in [-0.25, -0.2) is 4.39 Å². The van der Waals surface area contributed by atoms with Crippen LogP contribution in [-0.2, 0) is 0 Å². The Labute approximate surface area is 107 Å². The molecule has 1 amide bonds. The van der Waals surface area contributed by atoms with Gasteiger partial charge in [0.15, 0.2) is 0 Å². The summed E-state index contributed by atoms with van der Waals surface area (Å²) in [5.41, 5.74) is -0.854. The van der Waals surface area contributed by atoms with Crippen LogP contribution in [0.2, 0.25) is 0 Å². The number of hydrogen-bond acceptors (Lipinski definition) is 2. The molecule has 0 aromatic heterocycles. The summed E-state index contributed by atoms with van der Waals surface area (Å²) in [6, 6.07) is 6.42. The van der Waals surface area contributed by atoms with Crippen molar-refractivity contribution in [3.8, 4) is 6.07 Å². The minimum atomic E-state index is -0.807. The molecule has 1 fully saturated rings. The van der Waals surface area contributed by atoms with Crippen LogP contribution < -0.4 is 5.32 Å². The van der Waals surface area contributed by atoms with Gasteiger partial charge in [-0.05, 0) is 47.3 Å². The normalized spacial score (nSPS) is 16.8. The zero-order valence-electron chi connectivity index (χ0n) is 8.96. The Morgan fingerprint density at radius 2 is 2.24 bits per heavy atom. The molecule has 0 spiro atoms. The average molecular weight is 297 g/mol. The van der Waals surface area contributed by atoms with Crippen molar-refractivity contribution in [2.75, 3.05) is 0 Å². The highest BCUT2D eigenvalue weighted by Gasteiger charge is 2.39. The highest BCUT2D eigenvalue weighted by molar-refractivity contribution is 9.10. The highest BCUT2D eigenvalue weighted by Crippen LogP contribution is 2.32. The monoisotopic (exact) mass is 296 g/mol. The number of carbonyl (C=O) groups is 1. The van der Waals surface area contributed by atoms with Crippen LogP contribution in [0.25, 0.3) is 0 Å². The minimum Gasteiger partial charge on any atom is -0.334 e. The molecule has 0 heterocycles. The van der Waals surface area contributed by atoms with E-state index in [2.05, 4.69) is 27.3 Å². The highest BCUT2D eigenvalue weighted by atomic mass is 79.9. The van der Waals surface area contributed by atoms with Crippen molar-refractivity contribution in [1.29, 1.82) is 5.26 Å². The summed E-state index contributed by atoms with van der Waals surface area (Å²) in [5, 5.41) is 11.6. The van der Waals surface area contributed by atoms with Crippen LogP contribution in [0.3, 0.4) is 0 Å². The van der Waals surface area contributed by atoms with Gasteiger partial charge in [-0.3, -0.25) is 4.79 Å². The molecule has 0 saturated heterocycles. The van der Waals surface area contributed by atoms with Crippen molar-refractivity contribution in [3.63, 3.8) is 0 Å². The predicted octanol–water partition coefficient (Wildman–Crippen LogP) is 2.76. The molecule has 1 aliphatic carbocycles. The minimum absolute atomic E-state index is 0.0472. The zero-order chi connectivity index (χ0) is 12.5. The summed E-state index contributed by atoms with van der Waals surface area (Å²) in [5.74, 6) is -1.14. The Bertz CT molecular complexity index is 485. The van der Waals surface area contributed by atoms with E-state index in [1.165, 1.54) is 12.1 Å². The van der Waals surface area contributed by atoms with E-state index in [9.17, 15) is 9.18 Å². The first-order valence-electron chi connectivity index (χ1n) is 5.26. The third-order valence-electron chi connectivity index (χ3n) is 2.96. The molecule has 2 rings (SSSR count). The maximum atomic E-state index is 13.5. The summed E-state index contributed by atoms with van der Waals surface area (Å²) in [7, 11) is 0. The predicted molar refractivity (Wildman–Crippen MR) is 63.8 cm³/mol. The number of rotatable bonds is 2. The van der Waals surface area contributed by atoms with Gasteiger partial charge >= 0.3 is 0 Å². The van der Waals surface area contributed by atoms with Crippen molar-refractivity contribution in [3.05, 3.63) is 34.1 Å². The molecule has 0 radical (unpaired) electrons. The van der Waals surface area contributed by atoms with Gasteiger partial charge in [0.2, 0.25) is 0 Å². The van der Waals surface area contributed by atoms with E-state index in [1.54, 1.807) is 6.07 Å². The van der Waals surface area contributed by atoms with Crippen molar-refractivity contribution in [1.82, 2.24) is 5.32 Å². The number of benzene rings is 1. The van der Waals surface area contributed by atoms with Crippen LogP contribution in [0.15, 0.2) is 22.7 Å². The average Bonchev–Trinajstić information content (AvgIpc) is 2.23. The molecule has 1 aromatic rings. The Balaban J connectivity index is 2.24. The fourth-order valence-electron chi connectivity index (χ4n) is 1.79. The van der Waals surface area contributed by atoms with Gasteiger partial charge in [0, 0.05) is 4.47 Å². The maximum Gasteiger partial charge on any atom is 0.256 e. The molecule has 0 atom stereocenters. The number of nitriles is 1. The van der Waals surface area contributed by atoms with E-state index in [4.69, 9.17) is 5.26 Å². The first-order chi connectivity index (χ1) is 8.08. The summed E-state index contributed by atoms with van der Waals surface area (Å²) < 4.78 is 13.9. The van der Waals surface area contributed by atoms with Gasteiger partial charge in [0.05, 0.1) is 11.6 Å². The molecule has 0 unspecified atom stereocenters. The Hall–Kier alpha value is -1.41. The van der Waals surface area contributed by atoms with E-state index in [-0.39, 0.29) is 5.56 Å². The van der Waals surface area contributed by atoms with Crippen LogP contribution in [-0.4, -0.2) is 11.4 Å². The summed E-state index contributed by atoms with van der Waals surface area (Å²) in [4.78, 5) is 11.9. The second-order valence-corrected chi connectivity index (χ2v) is 4.95. The third kappa shape index (κ3) is 2.18. The first kappa shape index (κ1) is 12.1. The number of nitrogens with zero attached hydrogens (tertiary/aromatic N) is 1. The van der Waals surface area contributed by atoms with E-state index < -0.39 is 17.3 Å². The lowest BCUT2D eigenvalue weighted by Gasteiger charge is -2.35. The largest absolute Gasteiger partial charge is 0.334 e. The number of nitrogens with one attached hydrogen (secondary N) is 1. The molecular weight excluding hydrogens is 287 g/mol. The molecule has 0 bridgehead atoms. The second kappa shape index (κ2) is 4.46. The van der Waals surface area contributed by atoms with Crippen molar-refractivity contribution in [2.45, 2.75) is 24.8 Å². The quantitative estimate of drug-likeness (QED) is 0.912. The van der Waals surface area contributed by atoms with E-state index in [0.29, 0.717) is 17.3 Å². The van der Waals surface area contributed by atoms with Gasteiger partial charge in [-0.2, -0.15) is 5.26 Å². The van der Waals surface area contributed by atoms with E-state index in [0.717, 1.165) is 6.42 Å². The standard InChI is InChI=1S/C12H10BrFN2O/c13-8-3-1-4-9(14)10(8)11(17)16-12(7-15)5-2-6-12/h1,3-4H,2,5-6H2,(H,16,17). The van der Waals surface area contributed by atoms with Crippen LogP contribution in [0.1, 0.15) is 29.6 Å². The van der Waals surface area contributed by atoms with Gasteiger partial charge in [-0.15, -0.1) is 0 Å². The van der Waals surface area contributed by atoms with Crippen LogP contribution >= 0.6 is 15.9 Å². The molecule has 1 saturated carbocycles. The first-order valence-corrected chi connectivity index (χ1v) is 6.05. The molecule has 88 valence electrons. The van der Waals surface area contributed by atoms with E-state index in [1.807, 2.05) is 0 Å². The SMILES string of the molecule is N#CC1(NC(=O)c2c(F)cccc2Br)CCC1. The lowest BCUT2D eigenvalue weighted by atomic mass is 9.78. The molecule has 3 nitrogen and oxygen atoms in total.